The molecule has 0 fully saturated rings. The summed E-state index contributed by atoms with van der Waals surface area (Å²) in [6.45, 7) is 6.36. The second-order valence-corrected chi connectivity index (χ2v) is 5.25. The van der Waals surface area contributed by atoms with E-state index in [2.05, 4.69) is 22.6 Å². The monoisotopic (exact) mass is 264 g/mol. The van der Waals surface area contributed by atoms with Crippen LogP contribution in [0.1, 0.15) is 29.3 Å². The molecule has 0 unspecified atom stereocenters. The second kappa shape index (κ2) is 5.48. The molecule has 1 heterocycles. The lowest BCUT2D eigenvalue weighted by atomic mass is 10.1. The number of hydrogen-bond donors (Lipinski definition) is 1. The van der Waals surface area contributed by atoms with Gasteiger partial charge in [0.25, 0.3) is 0 Å². The lowest BCUT2D eigenvalue weighted by molar-refractivity contribution is 0.608. The lowest BCUT2D eigenvalue weighted by Crippen LogP contribution is -2.01. The van der Waals surface area contributed by atoms with Crippen molar-refractivity contribution in [2.45, 2.75) is 33.7 Å². The zero-order valence-corrected chi connectivity index (χ0v) is 11.7. The molecule has 2 nitrogen and oxygen atoms in total. The molecule has 0 amide bonds. The highest BCUT2D eigenvalue weighted by Crippen LogP contribution is 2.19. The Morgan fingerprint density at radius 1 is 1.28 bits per heavy atom. The van der Waals surface area contributed by atoms with Crippen LogP contribution >= 0.6 is 11.3 Å². The number of nitrogens with zero attached hydrogens (tertiary/aromatic N) is 1. The van der Waals surface area contributed by atoms with E-state index in [0.29, 0.717) is 17.7 Å². The Morgan fingerprint density at radius 2 is 1.94 bits per heavy atom. The van der Waals surface area contributed by atoms with Crippen molar-refractivity contribution >= 4 is 16.5 Å². The summed E-state index contributed by atoms with van der Waals surface area (Å²) in [5.74, 6) is -0.110. The Balaban J connectivity index is 2.06. The Kier molecular flexibility index (Phi) is 3.97. The van der Waals surface area contributed by atoms with Crippen molar-refractivity contribution in [2.24, 2.45) is 0 Å². The van der Waals surface area contributed by atoms with Crippen LogP contribution in [-0.4, -0.2) is 4.98 Å². The smallest absolute Gasteiger partial charge is 0.183 e. The van der Waals surface area contributed by atoms with Crippen molar-refractivity contribution in [3.63, 3.8) is 0 Å². The second-order valence-electron chi connectivity index (χ2n) is 4.39. The third-order valence-electron chi connectivity index (χ3n) is 2.85. The van der Waals surface area contributed by atoms with E-state index in [1.54, 1.807) is 25.2 Å². The van der Waals surface area contributed by atoms with Crippen molar-refractivity contribution in [2.75, 3.05) is 5.32 Å². The minimum absolute atomic E-state index is 0.110. The van der Waals surface area contributed by atoms with Gasteiger partial charge in [-0.15, -0.1) is 11.3 Å². The van der Waals surface area contributed by atoms with Crippen LogP contribution in [0, 0.1) is 19.7 Å². The zero-order chi connectivity index (χ0) is 13.1. The third-order valence-corrected chi connectivity index (χ3v) is 3.70. The Bertz CT molecular complexity index is 525. The van der Waals surface area contributed by atoms with E-state index in [9.17, 15) is 4.39 Å². The number of benzene rings is 1. The van der Waals surface area contributed by atoms with E-state index < -0.39 is 0 Å². The van der Waals surface area contributed by atoms with Crippen LogP contribution in [0.3, 0.4) is 0 Å². The fourth-order valence-corrected chi connectivity index (χ4v) is 2.66. The molecule has 96 valence electrons. The van der Waals surface area contributed by atoms with Gasteiger partial charge in [0.1, 0.15) is 5.82 Å². The first-order valence-electron chi connectivity index (χ1n) is 6.04. The molecule has 4 heteroatoms. The van der Waals surface area contributed by atoms with Crippen LogP contribution in [-0.2, 0) is 13.0 Å². The number of aryl methyl sites for hydroxylation is 3. The van der Waals surface area contributed by atoms with E-state index in [4.69, 9.17) is 0 Å². The average Bonchev–Trinajstić information content (AvgIpc) is 2.81. The number of anilines is 1. The molecule has 0 atom stereocenters. The van der Waals surface area contributed by atoms with Crippen LogP contribution in [0.25, 0.3) is 0 Å². The maximum Gasteiger partial charge on any atom is 0.183 e. The molecule has 0 bridgehead atoms. The summed E-state index contributed by atoms with van der Waals surface area (Å²) in [6, 6.07) is 3.76. The van der Waals surface area contributed by atoms with Crippen LogP contribution in [0.15, 0.2) is 17.5 Å². The van der Waals surface area contributed by atoms with E-state index in [1.807, 2.05) is 12.1 Å². The summed E-state index contributed by atoms with van der Waals surface area (Å²) in [4.78, 5) is 4.44. The minimum Gasteiger partial charge on any atom is -0.357 e. The molecule has 18 heavy (non-hydrogen) atoms. The summed E-state index contributed by atoms with van der Waals surface area (Å²) in [7, 11) is 0. The first kappa shape index (κ1) is 13.0. The quantitative estimate of drug-likeness (QED) is 0.900. The van der Waals surface area contributed by atoms with Gasteiger partial charge in [-0.2, -0.15) is 0 Å². The average molecular weight is 264 g/mol. The Hall–Kier alpha value is -1.42. The molecule has 0 aliphatic heterocycles. The van der Waals surface area contributed by atoms with Crippen molar-refractivity contribution in [3.05, 3.63) is 45.7 Å². The van der Waals surface area contributed by atoms with Crippen LogP contribution < -0.4 is 5.32 Å². The fourth-order valence-electron chi connectivity index (χ4n) is 1.87. The summed E-state index contributed by atoms with van der Waals surface area (Å²) in [6.07, 6.45) is 0.951. The highest BCUT2D eigenvalue weighted by atomic mass is 32.1. The first-order valence-corrected chi connectivity index (χ1v) is 6.92. The predicted octanol–water partition coefficient (Wildman–Crippen LogP) is 4.07. The van der Waals surface area contributed by atoms with Gasteiger partial charge in [-0.05, 0) is 37.0 Å². The predicted molar refractivity (Wildman–Crippen MR) is 74.7 cm³/mol. The van der Waals surface area contributed by atoms with E-state index in [-0.39, 0.29) is 5.82 Å². The van der Waals surface area contributed by atoms with Gasteiger partial charge in [-0.25, -0.2) is 9.37 Å². The number of aromatic nitrogens is 1. The molecule has 0 saturated carbocycles. The number of rotatable bonds is 4. The molecule has 0 aliphatic carbocycles. The van der Waals surface area contributed by atoms with E-state index in [1.165, 1.54) is 0 Å². The molecular formula is C14H17FN2S. The van der Waals surface area contributed by atoms with Gasteiger partial charge in [0.05, 0.1) is 5.69 Å². The Labute approximate surface area is 111 Å². The van der Waals surface area contributed by atoms with Gasteiger partial charge in [0.2, 0.25) is 0 Å². The van der Waals surface area contributed by atoms with Crippen molar-refractivity contribution in [1.82, 2.24) is 4.98 Å². The van der Waals surface area contributed by atoms with Gasteiger partial charge in [0.15, 0.2) is 5.13 Å². The molecular weight excluding hydrogens is 247 g/mol. The van der Waals surface area contributed by atoms with E-state index >= 15 is 0 Å². The zero-order valence-electron chi connectivity index (χ0n) is 10.9. The van der Waals surface area contributed by atoms with Crippen LogP contribution in [0.4, 0.5) is 9.52 Å². The first-order chi connectivity index (χ1) is 8.60. The molecule has 1 N–H and O–H groups in total. The molecule has 0 aliphatic rings. The Morgan fingerprint density at radius 3 is 2.50 bits per heavy atom. The maximum atomic E-state index is 13.5. The lowest BCUT2D eigenvalue weighted by Gasteiger charge is -2.07. The number of halogens is 1. The van der Waals surface area contributed by atoms with Crippen molar-refractivity contribution in [1.29, 1.82) is 0 Å². The van der Waals surface area contributed by atoms with Crippen LogP contribution in [0.2, 0.25) is 0 Å². The fraction of sp³-hybridized carbons (Fsp3) is 0.357. The molecule has 2 aromatic rings. The molecule has 2 rings (SSSR count). The summed E-state index contributed by atoms with van der Waals surface area (Å²) in [5, 5.41) is 6.26. The standard InChI is InChI=1S/C14H17FN2S/c1-4-12-8-18-14(17-12)16-7-11-5-9(2)13(15)10(3)6-11/h5-6,8H,4,7H2,1-3H3,(H,16,17). The number of nitrogens with one attached hydrogen (secondary N) is 1. The summed E-state index contributed by atoms with van der Waals surface area (Å²) < 4.78 is 13.5. The topological polar surface area (TPSA) is 24.9 Å². The van der Waals surface area contributed by atoms with Gasteiger partial charge < -0.3 is 5.32 Å². The third kappa shape index (κ3) is 2.88. The minimum atomic E-state index is -0.110. The van der Waals surface area contributed by atoms with Gasteiger partial charge in [-0.3, -0.25) is 0 Å². The maximum absolute atomic E-state index is 13.5. The number of thiazole rings is 1. The molecule has 0 saturated heterocycles. The van der Waals surface area contributed by atoms with Crippen LogP contribution in [0.5, 0.6) is 0 Å². The molecule has 1 aromatic carbocycles. The summed E-state index contributed by atoms with van der Waals surface area (Å²) in [5.41, 5.74) is 3.58. The molecule has 0 radical (unpaired) electrons. The van der Waals surface area contributed by atoms with Crippen molar-refractivity contribution < 1.29 is 4.39 Å². The van der Waals surface area contributed by atoms with Gasteiger partial charge in [0, 0.05) is 11.9 Å². The highest BCUT2D eigenvalue weighted by molar-refractivity contribution is 7.13. The normalized spacial score (nSPS) is 10.7. The SMILES string of the molecule is CCc1csc(NCc2cc(C)c(F)c(C)c2)n1. The number of hydrogen-bond acceptors (Lipinski definition) is 3. The summed E-state index contributed by atoms with van der Waals surface area (Å²) >= 11 is 1.61. The highest BCUT2D eigenvalue weighted by Gasteiger charge is 2.05. The van der Waals surface area contributed by atoms with Gasteiger partial charge >= 0.3 is 0 Å². The van der Waals surface area contributed by atoms with E-state index in [0.717, 1.165) is 22.8 Å². The largest absolute Gasteiger partial charge is 0.357 e. The van der Waals surface area contributed by atoms with Gasteiger partial charge in [-0.1, -0.05) is 19.1 Å². The van der Waals surface area contributed by atoms with Crippen molar-refractivity contribution in [3.8, 4) is 0 Å². The molecule has 1 aromatic heterocycles. The molecule has 0 spiro atoms.